The fraction of sp³-hybridized carbons (Fsp3) is 0.294. The first-order valence-corrected chi connectivity index (χ1v) is 9.59. The van der Waals surface area contributed by atoms with Crippen LogP contribution in [0.25, 0.3) is 0 Å². The van der Waals surface area contributed by atoms with Gasteiger partial charge in [-0.2, -0.15) is 0 Å². The van der Waals surface area contributed by atoms with Crippen LogP contribution in [-0.4, -0.2) is 32.6 Å². The lowest BCUT2D eigenvalue weighted by atomic mass is 10.2. The van der Waals surface area contributed by atoms with Gasteiger partial charge < -0.3 is 19.8 Å². The van der Waals surface area contributed by atoms with Crippen molar-refractivity contribution in [3.8, 4) is 5.75 Å². The molecule has 2 heterocycles. The van der Waals surface area contributed by atoms with Crippen LogP contribution in [0, 0.1) is 6.92 Å². The standard InChI is InChI=1S/C17H18N2O6S/c1-11-7-13-14(25-10-17(21)19-13)8-15(11)26(22,23)6-4-16(20)18-9-12-3-2-5-24-12/h2-3,5,7-8H,4,6,9-10H2,1H3,(H,18,20)(H,19,21). The maximum atomic E-state index is 12.6. The largest absolute Gasteiger partial charge is 0.482 e. The molecule has 0 saturated heterocycles. The minimum Gasteiger partial charge on any atom is -0.482 e. The summed E-state index contributed by atoms with van der Waals surface area (Å²) in [5.74, 6) is -0.116. The van der Waals surface area contributed by atoms with Crippen molar-refractivity contribution in [2.24, 2.45) is 0 Å². The van der Waals surface area contributed by atoms with Crippen molar-refractivity contribution in [3.63, 3.8) is 0 Å². The van der Waals surface area contributed by atoms with Crippen molar-refractivity contribution < 1.29 is 27.2 Å². The Morgan fingerprint density at radius 2 is 2.15 bits per heavy atom. The number of fused-ring (bicyclic) bond motifs is 1. The van der Waals surface area contributed by atoms with Gasteiger partial charge in [0.05, 0.1) is 29.1 Å². The van der Waals surface area contributed by atoms with E-state index in [-0.39, 0.29) is 42.0 Å². The second-order valence-electron chi connectivity index (χ2n) is 5.88. The Hall–Kier alpha value is -2.81. The second-order valence-corrected chi connectivity index (χ2v) is 7.95. The van der Waals surface area contributed by atoms with Gasteiger partial charge in [-0.25, -0.2) is 8.42 Å². The Labute approximate surface area is 150 Å². The molecule has 1 aliphatic rings. The van der Waals surface area contributed by atoms with E-state index in [1.54, 1.807) is 25.1 Å². The Kier molecular flexibility index (Phi) is 4.99. The van der Waals surface area contributed by atoms with E-state index in [1.165, 1.54) is 12.3 Å². The first-order valence-electron chi connectivity index (χ1n) is 7.94. The van der Waals surface area contributed by atoms with Crippen LogP contribution in [0.15, 0.2) is 39.8 Å². The molecule has 0 saturated carbocycles. The van der Waals surface area contributed by atoms with Crippen molar-refractivity contribution in [1.82, 2.24) is 5.32 Å². The third kappa shape index (κ3) is 4.05. The topological polar surface area (TPSA) is 115 Å². The minimum absolute atomic E-state index is 0.0891. The minimum atomic E-state index is -3.68. The molecular weight excluding hydrogens is 360 g/mol. The summed E-state index contributed by atoms with van der Waals surface area (Å²) in [6.07, 6.45) is 1.33. The molecule has 2 aromatic rings. The highest BCUT2D eigenvalue weighted by atomic mass is 32.2. The molecule has 138 valence electrons. The quantitative estimate of drug-likeness (QED) is 0.785. The maximum Gasteiger partial charge on any atom is 0.262 e. The molecule has 0 fully saturated rings. The maximum absolute atomic E-state index is 12.6. The molecule has 2 N–H and O–H groups in total. The number of hydrogen-bond acceptors (Lipinski definition) is 6. The van der Waals surface area contributed by atoms with E-state index in [0.29, 0.717) is 22.8 Å². The lowest BCUT2D eigenvalue weighted by Gasteiger charge is -2.20. The first kappa shape index (κ1) is 18.0. The smallest absolute Gasteiger partial charge is 0.262 e. The predicted octanol–water partition coefficient (Wildman–Crippen LogP) is 1.40. The molecule has 0 aliphatic carbocycles. The molecule has 0 radical (unpaired) electrons. The van der Waals surface area contributed by atoms with Gasteiger partial charge in [-0.15, -0.1) is 0 Å². The molecule has 0 unspecified atom stereocenters. The van der Waals surface area contributed by atoms with Gasteiger partial charge in [0.25, 0.3) is 5.91 Å². The molecule has 9 heteroatoms. The summed E-state index contributed by atoms with van der Waals surface area (Å²) in [4.78, 5) is 23.3. The molecule has 0 atom stereocenters. The van der Waals surface area contributed by atoms with E-state index in [4.69, 9.17) is 9.15 Å². The van der Waals surface area contributed by atoms with Crippen molar-refractivity contribution in [2.45, 2.75) is 24.8 Å². The van der Waals surface area contributed by atoms with Crippen molar-refractivity contribution in [1.29, 1.82) is 0 Å². The van der Waals surface area contributed by atoms with Gasteiger partial charge in [-0.3, -0.25) is 9.59 Å². The first-order chi connectivity index (χ1) is 12.3. The highest BCUT2D eigenvalue weighted by molar-refractivity contribution is 7.91. The third-order valence-corrected chi connectivity index (χ3v) is 5.73. The molecule has 1 aromatic carbocycles. The highest BCUT2D eigenvalue weighted by Crippen LogP contribution is 2.33. The monoisotopic (exact) mass is 378 g/mol. The van der Waals surface area contributed by atoms with Crippen LogP contribution < -0.4 is 15.4 Å². The summed E-state index contributed by atoms with van der Waals surface area (Å²) >= 11 is 0. The number of amides is 2. The number of benzene rings is 1. The average molecular weight is 378 g/mol. The Bertz CT molecular complexity index is 934. The van der Waals surface area contributed by atoms with E-state index < -0.39 is 9.84 Å². The lowest BCUT2D eigenvalue weighted by molar-refractivity contribution is -0.121. The summed E-state index contributed by atoms with van der Waals surface area (Å²) in [6, 6.07) is 6.36. The molecule has 1 aliphatic heterocycles. The van der Waals surface area contributed by atoms with Gasteiger partial charge in [0.1, 0.15) is 11.5 Å². The Morgan fingerprint density at radius 1 is 1.35 bits per heavy atom. The van der Waals surface area contributed by atoms with Crippen LogP contribution in [0.1, 0.15) is 17.7 Å². The number of carbonyl (C=O) groups excluding carboxylic acids is 2. The van der Waals surface area contributed by atoms with Crippen LogP contribution in [0.5, 0.6) is 5.75 Å². The number of ether oxygens (including phenoxy) is 1. The lowest BCUT2D eigenvalue weighted by Crippen LogP contribution is -2.26. The number of carbonyl (C=O) groups is 2. The van der Waals surface area contributed by atoms with Crippen molar-refractivity contribution >= 4 is 27.3 Å². The number of rotatable bonds is 6. The fourth-order valence-electron chi connectivity index (χ4n) is 2.58. The number of aryl methyl sites for hydroxylation is 1. The molecule has 1 aromatic heterocycles. The van der Waals surface area contributed by atoms with E-state index in [1.807, 2.05) is 0 Å². The Balaban J connectivity index is 1.66. The molecule has 3 rings (SSSR count). The predicted molar refractivity (Wildman–Crippen MR) is 92.5 cm³/mol. The molecule has 2 amide bonds. The average Bonchev–Trinajstić information content (AvgIpc) is 3.11. The second kappa shape index (κ2) is 7.20. The number of nitrogens with one attached hydrogen (secondary N) is 2. The Morgan fingerprint density at radius 3 is 2.88 bits per heavy atom. The van der Waals surface area contributed by atoms with E-state index in [2.05, 4.69) is 10.6 Å². The number of anilines is 1. The van der Waals surface area contributed by atoms with Gasteiger partial charge in [0, 0.05) is 12.5 Å². The summed E-state index contributed by atoms with van der Waals surface area (Å²) in [5, 5.41) is 5.24. The van der Waals surface area contributed by atoms with Crippen LogP contribution in [0.4, 0.5) is 5.69 Å². The summed E-state index contributed by atoms with van der Waals surface area (Å²) < 4.78 is 35.6. The van der Waals surface area contributed by atoms with Gasteiger partial charge >= 0.3 is 0 Å². The van der Waals surface area contributed by atoms with Crippen LogP contribution in [0.2, 0.25) is 0 Å². The number of furan rings is 1. The van der Waals surface area contributed by atoms with Crippen molar-refractivity contribution in [2.75, 3.05) is 17.7 Å². The van der Waals surface area contributed by atoms with Gasteiger partial charge in [0.2, 0.25) is 5.91 Å². The highest BCUT2D eigenvalue weighted by Gasteiger charge is 2.24. The van der Waals surface area contributed by atoms with Gasteiger partial charge in [0.15, 0.2) is 16.4 Å². The van der Waals surface area contributed by atoms with E-state index in [9.17, 15) is 18.0 Å². The molecule has 8 nitrogen and oxygen atoms in total. The normalized spacial score (nSPS) is 13.5. The molecule has 26 heavy (non-hydrogen) atoms. The summed E-state index contributed by atoms with van der Waals surface area (Å²) in [5.41, 5.74) is 0.916. The fourth-order valence-corrected chi connectivity index (χ4v) is 4.09. The zero-order chi connectivity index (χ0) is 18.7. The van der Waals surface area contributed by atoms with Crippen LogP contribution in [0.3, 0.4) is 0 Å². The van der Waals surface area contributed by atoms with E-state index >= 15 is 0 Å². The van der Waals surface area contributed by atoms with Gasteiger partial charge in [-0.1, -0.05) is 0 Å². The van der Waals surface area contributed by atoms with Crippen LogP contribution in [-0.2, 0) is 26.0 Å². The van der Waals surface area contributed by atoms with Gasteiger partial charge in [-0.05, 0) is 30.7 Å². The SMILES string of the molecule is Cc1cc2c(cc1S(=O)(=O)CCC(=O)NCc1ccco1)OCC(=O)N2. The molecule has 0 spiro atoms. The zero-order valence-corrected chi connectivity index (χ0v) is 14.9. The molecule has 0 bridgehead atoms. The van der Waals surface area contributed by atoms with E-state index in [0.717, 1.165) is 0 Å². The zero-order valence-electron chi connectivity index (χ0n) is 14.1. The summed E-state index contributed by atoms with van der Waals surface area (Å²) in [7, 11) is -3.68. The number of hydrogen-bond donors (Lipinski definition) is 2. The van der Waals surface area contributed by atoms with Crippen molar-refractivity contribution in [3.05, 3.63) is 41.9 Å². The third-order valence-electron chi connectivity index (χ3n) is 3.88. The summed E-state index contributed by atoms with van der Waals surface area (Å²) in [6.45, 7) is 1.67. The molecular formula is C17H18N2O6S. The number of sulfone groups is 1. The van der Waals surface area contributed by atoms with Crippen LogP contribution >= 0.6 is 0 Å².